The zero-order valence-corrected chi connectivity index (χ0v) is 10.1. The van der Waals surface area contributed by atoms with E-state index in [0.717, 1.165) is 24.6 Å². The zero-order valence-electron chi connectivity index (χ0n) is 9.32. The molecule has 1 heterocycles. The van der Waals surface area contributed by atoms with Gasteiger partial charge in [-0.3, -0.25) is 4.79 Å². The first-order valence-corrected chi connectivity index (χ1v) is 5.54. The van der Waals surface area contributed by atoms with Gasteiger partial charge in [-0.05, 0) is 31.4 Å². The Bertz CT molecular complexity index is 414. The first-order valence-electron chi connectivity index (χ1n) is 5.54. The summed E-state index contributed by atoms with van der Waals surface area (Å²) in [5.41, 5.74) is 2.63. The molecule has 16 heavy (non-hydrogen) atoms. The van der Waals surface area contributed by atoms with Crippen LogP contribution >= 0.6 is 12.4 Å². The van der Waals surface area contributed by atoms with Crippen LogP contribution in [0.3, 0.4) is 0 Å². The Balaban J connectivity index is 0.000000963. The summed E-state index contributed by atoms with van der Waals surface area (Å²) >= 11 is 0. The van der Waals surface area contributed by atoms with Crippen molar-refractivity contribution in [2.45, 2.75) is 18.8 Å². The van der Waals surface area contributed by atoms with E-state index in [2.05, 4.69) is 17.4 Å². The van der Waals surface area contributed by atoms with Crippen LogP contribution in [0.5, 0.6) is 0 Å². The molecule has 0 radical (unpaired) electrons. The number of rotatable bonds is 2. The summed E-state index contributed by atoms with van der Waals surface area (Å²) in [4.78, 5) is 11.2. The Morgan fingerprint density at radius 1 is 1.38 bits per heavy atom. The first kappa shape index (κ1) is 11.6. The van der Waals surface area contributed by atoms with Crippen LogP contribution in [0.4, 0.5) is 0 Å². The van der Waals surface area contributed by atoms with Gasteiger partial charge < -0.3 is 5.32 Å². The fourth-order valence-corrected chi connectivity index (χ4v) is 2.83. The lowest BCUT2D eigenvalue weighted by molar-refractivity contribution is 0.101. The molecule has 0 amide bonds. The fraction of sp³-hybridized carbons (Fsp3) is 0.462. The van der Waals surface area contributed by atoms with Gasteiger partial charge in [0.2, 0.25) is 0 Å². The molecule has 2 nitrogen and oxygen atoms in total. The smallest absolute Gasteiger partial charge is 0.159 e. The van der Waals surface area contributed by atoms with E-state index in [1.807, 2.05) is 12.1 Å². The van der Waals surface area contributed by atoms with Crippen LogP contribution in [0.1, 0.15) is 29.3 Å². The molecule has 2 aliphatic rings. The number of halogens is 1. The second-order valence-corrected chi connectivity index (χ2v) is 4.82. The molecule has 1 saturated carbocycles. The number of fused-ring (bicyclic) bond motifs is 1. The second kappa shape index (κ2) is 3.86. The molecule has 0 aromatic heterocycles. The molecule has 1 N–H and O–H groups in total. The van der Waals surface area contributed by atoms with Gasteiger partial charge in [0.1, 0.15) is 0 Å². The van der Waals surface area contributed by atoms with Gasteiger partial charge in [-0.25, -0.2) is 0 Å². The van der Waals surface area contributed by atoms with Crippen LogP contribution in [-0.4, -0.2) is 18.9 Å². The van der Waals surface area contributed by atoms with Crippen molar-refractivity contribution in [2.75, 3.05) is 13.1 Å². The van der Waals surface area contributed by atoms with Crippen molar-refractivity contribution in [3.8, 4) is 0 Å². The van der Waals surface area contributed by atoms with Crippen LogP contribution in [0.2, 0.25) is 0 Å². The van der Waals surface area contributed by atoms with Crippen molar-refractivity contribution < 1.29 is 4.79 Å². The van der Waals surface area contributed by atoms with E-state index in [9.17, 15) is 4.79 Å². The summed E-state index contributed by atoms with van der Waals surface area (Å²) in [5, 5.41) is 3.43. The van der Waals surface area contributed by atoms with Crippen LogP contribution in [-0.2, 0) is 5.41 Å². The largest absolute Gasteiger partial charge is 0.316 e. The monoisotopic (exact) mass is 237 g/mol. The number of hydrogen-bond donors (Lipinski definition) is 1. The van der Waals surface area contributed by atoms with Gasteiger partial charge in [-0.15, -0.1) is 12.4 Å². The predicted octanol–water partition coefficient (Wildman–Crippen LogP) is 2.17. The van der Waals surface area contributed by atoms with E-state index in [-0.39, 0.29) is 18.2 Å². The fourth-order valence-electron chi connectivity index (χ4n) is 2.83. The lowest BCUT2D eigenvalue weighted by Gasteiger charge is -2.12. The van der Waals surface area contributed by atoms with Crippen molar-refractivity contribution in [3.63, 3.8) is 0 Å². The molecule has 1 aromatic carbocycles. The standard InChI is InChI=1S/C13H15NO.ClH/c1-9(15)10-2-4-11(5-3-10)13-6-12(13)7-14-8-13;/h2-5,12,14H,6-8H2,1H3;1H. The minimum atomic E-state index is 0. The molecule has 1 saturated heterocycles. The highest BCUT2D eigenvalue weighted by Gasteiger charge is 2.57. The van der Waals surface area contributed by atoms with Crippen LogP contribution in [0.25, 0.3) is 0 Å². The minimum Gasteiger partial charge on any atom is -0.316 e. The predicted molar refractivity (Wildman–Crippen MR) is 66.3 cm³/mol. The second-order valence-electron chi connectivity index (χ2n) is 4.82. The van der Waals surface area contributed by atoms with Crippen molar-refractivity contribution in [3.05, 3.63) is 35.4 Å². The van der Waals surface area contributed by atoms with E-state index in [1.165, 1.54) is 12.0 Å². The Labute approximate surface area is 102 Å². The topological polar surface area (TPSA) is 29.1 Å². The summed E-state index contributed by atoms with van der Waals surface area (Å²) < 4.78 is 0. The molecule has 1 aliphatic carbocycles. The number of benzene rings is 1. The van der Waals surface area contributed by atoms with Gasteiger partial charge in [-0.2, -0.15) is 0 Å². The highest BCUT2D eigenvalue weighted by atomic mass is 35.5. The third-order valence-electron chi connectivity index (χ3n) is 3.93. The molecule has 3 heteroatoms. The van der Waals surface area contributed by atoms with Gasteiger partial charge in [0.15, 0.2) is 5.78 Å². The van der Waals surface area contributed by atoms with Crippen LogP contribution in [0.15, 0.2) is 24.3 Å². The van der Waals surface area contributed by atoms with Gasteiger partial charge in [0, 0.05) is 17.5 Å². The zero-order chi connectivity index (χ0) is 10.5. The molecular weight excluding hydrogens is 222 g/mol. The van der Waals surface area contributed by atoms with Gasteiger partial charge in [0.25, 0.3) is 0 Å². The highest BCUT2D eigenvalue weighted by Crippen LogP contribution is 2.56. The molecular formula is C13H16ClNO. The maximum absolute atomic E-state index is 11.2. The van der Waals surface area contributed by atoms with Crippen LogP contribution in [0, 0.1) is 5.92 Å². The number of carbonyl (C=O) groups is 1. The number of Topliss-reactive ketones (excluding diaryl/α,β-unsaturated/α-hetero) is 1. The number of hydrogen-bond acceptors (Lipinski definition) is 2. The van der Waals surface area contributed by atoms with Crippen molar-refractivity contribution in [2.24, 2.45) is 5.92 Å². The van der Waals surface area contributed by atoms with Gasteiger partial charge in [0.05, 0.1) is 0 Å². The van der Waals surface area contributed by atoms with E-state index in [1.54, 1.807) is 6.92 Å². The van der Waals surface area contributed by atoms with E-state index >= 15 is 0 Å². The first-order chi connectivity index (χ1) is 7.22. The maximum Gasteiger partial charge on any atom is 0.159 e. The highest BCUT2D eigenvalue weighted by molar-refractivity contribution is 5.94. The van der Waals surface area contributed by atoms with E-state index in [0.29, 0.717) is 5.41 Å². The molecule has 2 atom stereocenters. The molecule has 1 aromatic rings. The summed E-state index contributed by atoms with van der Waals surface area (Å²) in [6, 6.07) is 8.17. The van der Waals surface area contributed by atoms with Crippen LogP contribution < -0.4 is 5.32 Å². The number of nitrogens with one attached hydrogen (secondary N) is 1. The molecule has 2 unspecified atom stereocenters. The Morgan fingerprint density at radius 3 is 2.50 bits per heavy atom. The molecule has 3 rings (SSSR count). The van der Waals surface area contributed by atoms with Crippen molar-refractivity contribution >= 4 is 18.2 Å². The average molecular weight is 238 g/mol. The van der Waals surface area contributed by atoms with E-state index < -0.39 is 0 Å². The molecule has 2 fully saturated rings. The normalized spacial score (nSPS) is 30.4. The summed E-state index contributed by atoms with van der Waals surface area (Å²) in [6.45, 7) is 3.88. The molecule has 0 bridgehead atoms. The number of ketones is 1. The minimum absolute atomic E-state index is 0. The summed E-state index contributed by atoms with van der Waals surface area (Å²) in [5.74, 6) is 0.983. The Hall–Kier alpha value is -0.860. The lowest BCUT2D eigenvalue weighted by Crippen LogP contribution is -2.19. The SMILES string of the molecule is CC(=O)c1ccc(C23CNCC2C3)cc1.Cl. The van der Waals surface area contributed by atoms with Crippen molar-refractivity contribution in [1.29, 1.82) is 0 Å². The Morgan fingerprint density at radius 2 is 2.06 bits per heavy atom. The number of piperidine rings is 1. The molecule has 0 spiro atoms. The quantitative estimate of drug-likeness (QED) is 0.799. The van der Waals surface area contributed by atoms with E-state index in [4.69, 9.17) is 0 Å². The summed E-state index contributed by atoms with van der Waals surface area (Å²) in [6.07, 6.45) is 1.32. The average Bonchev–Trinajstić information content (AvgIpc) is 2.82. The Kier molecular flexibility index (Phi) is 2.81. The molecule has 1 aliphatic heterocycles. The van der Waals surface area contributed by atoms with Gasteiger partial charge >= 0.3 is 0 Å². The van der Waals surface area contributed by atoms with Crippen molar-refractivity contribution in [1.82, 2.24) is 5.32 Å². The molecule has 86 valence electrons. The lowest BCUT2D eigenvalue weighted by atomic mass is 9.94. The van der Waals surface area contributed by atoms with Gasteiger partial charge in [-0.1, -0.05) is 24.3 Å². The number of carbonyl (C=O) groups excluding carboxylic acids is 1. The maximum atomic E-state index is 11.2. The third kappa shape index (κ3) is 1.57. The summed E-state index contributed by atoms with van der Waals surface area (Å²) in [7, 11) is 0. The third-order valence-corrected chi connectivity index (χ3v) is 3.93.